The number of aliphatic carboxylic acids is 1. The summed E-state index contributed by atoms with van der Waals surface area (Å²) in [5.74, 6) is -4.99. The summed E-state index contributed by atoms with van der Waals surface area (Å²) in [5.41, 5.74) is 12.2. The van der Waals surface area contributed by atoms with E-state index >= 15 is 0 Å². The first kappa shape index (κ1) is 27.6. The van der Waals surface area contributed by atoms with E-state index in [1.165, 1.54) is 0 Å². The second-order valence-electron chi connectivity index (χ2n) is 7.73. The number of nitrogens with one attached hydrogen (secondary N) is 4. The van der Waals surface area contributed by atoms with Crippen LogP contribution in [0.5, 0.6) is 0 Å². The number of H-pyrrole nitrogens is 1. The van der Waals surface area contributed by atoms with Gasteiger partial charge in [0.1, 0.15) is 18.1 Å². The van der Waals surface area contributed by atoms with Gasteiger partial charge in [0.25, 0.3) is 0 Å². The number of rotatable bonds is 13. The van der Waals surface area contributed by atoms with E-state index in [9.17, 15) is 29.1 Å². The van der Waals surface area contributed by atoms with E-state index in [1.807, 2.05) is 18.2 Å². The molecule has 0 saturated carbocycles. The van der Waals surface area contributed by atoms with Crippen LogP contribution in [0.1, 0.15) is 12.0 Å². The van der Waals surface area contributed by atoms with Crippen LogP contribution < -0.4 is 27.4 Å². The molecule has 2 aromatic rings. The van der Waals surface area contributed by atoms with Gasteiger partial charge < -0.3 is 42.6 Å². The third-order valence-electron chi connectivity index (χ3n) is 5.10. The van der Waals surface area contributed by atoms with Gasteiger partial charge in [-0.1, -0.05) is 18.2 Å². The molecule has 1 heterocycles. The molecule has 1 aromatic carbocycles. The number of hydrogen-bond acceptors (Lipinski definition) is 8. The van der Waals surface area contributed by atoms with E-state index in [-0.39, 0.29) is 12.2 Å². The van der Waals surface area contributed by atoms with Gasteiger partial charge in [-0.25, -0.2) is 4.79 Å². The molecule has 0 aliphatic rings. The maximum Gasteiger partial charge on any atom is 0.327 e. The second-order valence-corrected chi connectivity index (χ2v) is 8.09. The number of para-hydroxylation sites is 1. The van der Waals surface area contributed by atoms with Crippen LogP contribution in [0.4, 0.5) is 0 Å². The van der Waals surface area contributed by atoms with E-state index in [0.29, 0.717) is 5.56 Å². The average molecular weight is 509 g/mol. The lowest BCUT2D eigenvalue weighted by Crippen LogP contribution is -2.58. The Labute approximate surface area is 205 Å². The number of thiol groups is 1. The number of fused-ring (bicyclic) bond motifs is 1. The number of aromatic nitrogens is 1. The molecule has 0 bridgehead atoms. The van der Waals surface area contributed by atoms with Crippen LogP contribution in [0.3, 0.4) is 0 Å². The molecular weight excluding hydrogens is 480 g/mol. The molecule has 0 aliphatic heterocycles. The van der Waals surface area contributed by atoms with Gasteiger partial charge in [-0.15, -0.1) is 0 Å². The predicted octanol–water partition coefficient (Wildman–Crippen LogP) is -2.63. The van der Waals surface area contributed by atoms with Crippen molar-refractivity contribution in [2.45, 2.75) is 37.0 Å². The summed E-state index contributed by atoms with van der Waals surface area (Å²) in [6.07, 6.45) is 1.18. The van der Waals surface area contributed by atoms with Crippen molar-refractivity contribution >= 4 is 53.1 Å². The van der Waals surface area contributed by atoms with Gasteiger partial charge in [-0.3, -0.25) is 19.2 Å². The first-order chi connectivity index (χ1) is 16.6. The normalized spacial score (nSPS) is 14.4. The molecule has 4 atom stereocenters. The molecule has 13 nitrogen and oxygen atoms in total. The molecule has 0 saturated heterocycles. The highest BCUT2D eigenvalue weighted by Gasteiger charge is 2.30. The fraction of sp³-hybridized carbons (Fsp3) is 0.381. The number of carbonyl (C=O) groups is 5. The van der Waals surface area contributed by atoms with Crippen LogP contribution in [0.25, 0.3) is 10.9 Å². The van der Waals surface area contributed by atoms with Crippen LogP contribution in [-0.4, -0.2) is 81.3 Å². The van der Waals surface area contributed by atoms with Crippen LogP contribution in [0, 0.1) is 0 Å². The molecule has 0 radical (unpaired) electrons. The quantitative estimate of drug-likeness (QED) is 0.130. The number of carbonyl (C=O) groups excluding carboxylic acids is 4. The summed E-state index contributed by atoms with van der Waals surface area (Å²) >= 11 is 3.85. The van der Waals surface area contributed by atoms with E-state index < -0.39 is 66.8 Å². The van der Waals surface area contributed by atoms with Gasteiger partial charge in [0, 0.05) is 29.3 Å². The summed E-state index contributed by atoms with van der Waals surface area (Å²) in [6.45, 7) is -0.842. The van der Waals surface area contributed by atoms with Crippen molar-refractivity contribution in [3.63, 3.8) is 0 Å². The van der Waals surface area contributed by atoms with Gasteiger partial charge >= 0.3 is 5.97 Å². The fourth-order valence-electron chi connectivity index (χ4n) is 3.24. The number of primary amides is 1. The van der Waals surface area contributed by atoms with Gasteiger partial charge in [0.15, 0.2) is 0 Å². The van der Waals surface area contributed by atoms with Gasteiger partial charge in [0.2, 0.25) is 23.6 Å². The fourth-order valence-corrected chi connectivity index (χ4v) is 3.49. The molecular formula is C21H28N6O7S. The van der Waals surface area contributed by atoms with Crippen molar-refractivity contribution in [1.82, 2.24) is 20.9 Å². The summed E-state index contributed by atoms with van der Waals surface area (Å²) in [7, 11) is 0. The van der Waals surface area contributed by atoms with E-state index in [0.717, 1.165) is 10.9 Å². The van der Waals surface area contributed by atoms with Gasteiger partial charge in [0.05, 0.1) is 19.1 Å². The minimum Gasteiger partial charge on any atom is -0.480 e. The second kappa shape index (κ2) is 12.7. The Kier molecular flexibility index (Phi) is 10.1. The largest absolute Gasteiger partial charge is 0.480 e. The van der Waals surface area contributed by atoms with E-state index in [4.69, 9.17) is 16.6 Å². The van der Waals surface area contributed by atoms with Gasteiger partial charge in [-0.2, -0.15) is 12.6 Å². The number of aliphatic hydroxyl groups excluding tert-OH is 1. The minimum absolute atomic E-state index is 0.0287. The van der Waals surface area contributed by atoms with Crippen LogP contribution in [0.15, 0.2) is 30.5 Å². The Balaban J connectivity index is 2.23. The minimum atomic E-state index is -1.51. The van der Waals surface area contributed by atoms with Crippen molar-refractivity contribution in [2.24, 2.45) is 11.5 Å². The molecule has 4 unspecified atom stereocenters. The molecule has 2 rings (SSSR count). The highest BCUT2D eigenvalue weighted by molar-refractivity contribution is 7.80. The lowest BCUT2D eigenvalue weighted by Gasteiger charge is -2.24. The Morgan fingerprint density at radius 3 is 2.17 bits per heavy atom. The van der Waals surface area contributed by atoms with Crippen molar-refractivity contribution in [2.75, 3.05) is 12.4 Å². The first-order valence-electron chi connectivity index (χ1n) is 10.5. The summed E-state index contributed by atoms with van der Waals surface area (Å²) in [5, 5.41) is 26.4. The van der Waals surface area contributed by atoms with Crippen molar-refractivity contribution in [3.05, 3.63) is 36.0 Å². The Morgan fingerprint density at radius 1 is 0.971 bits per heavy atom. The lowest BCUT2D eigenvalue weighted by atomic mass is 10.0. The number of aliphatic hydroxyl groups is 1. The molecule has 190 valence electrons. The van der Waals surface area contributed by atoms with Crippen LogP contribution >= 0.6 is 12.6 Å². The SMILES string of the molecule is NC(=O)CC(N)C(=O)NC(Cc1c[nH]c2ccccc12)C(=O)NC(CO)C(=O)NC(CS)C(=O)O. The molecule has 0 fully saturated rings. The highest BCUT2D eigenvalue weighted by atomic mass is 32.1. The first-order valence-corrected chi connectivity index (χ1v) is 11.1. The molecule has 1 aromatic heterocycles. The number of nitrogens with two attached hydrogens (primary N) is 2. The molecule has 10 N–H and O–H groups in total. The molecule has 14 heteroatoms. The number of amides is 4. The summed E-state index contributed by atoms with van der Waals surface area (Å²) < 4.78 is 0. The molecule has 4 amide bonds. The van der Waals surface area contributed by atoms with Gasteiger partial charge in [-0.05, 0) is 11.6 Å². The van der Waals surface area contributed by atoms with E-state index in [2.05, 4.69) is 33.6 Å². The third kappa shape index (κ3) is 7.70. The smallest absolute Gasteiger partial charge is 0.327 e. The Morgan fingerprint density at radius 2 is 1.57 bits per heavy atom. The Hall–Kier alpha value is -3.62. The van der Waals surface area contributed by atoms with Crippen molar-refractivity contribution in [3.8, 4) is 0 Å². The zero-order chi connectivity index (χ0) is 26.1. The average Bonchev–Trinajstić information content (AvgIpc) is 3.22. The zero-order valence-corrected chi connectivity index (χ0v) is 19.5. The number of carboxylic acids is 1. The van der Waals surface area contributed by atoms with E-state index in [1.54, 1.807) is 12.3 Å². The third-order valence-corrected chi connectivity index (χ3v) is 5.47. The standard InChI is InChI=1S/C21H28N6O7S/c22-12(6-17(23)29)18(30)25-14(5-10-7-24-13-4-2-1-3-11(10)13)19(31)26-15(8-28)20(32)27-16(9-35)21(33)34/h1-4,7,12,14-16,24,28,35H,5-6,8-9,22H2,(H2,23,29)(H,25,30)(H,26,31)(H,27,32)(H,33,34). The number of benzene rings is 1. The molecule has 0 spiro atoms. The summed E-state index contributed by atoms with van der Waals surface area (Å²) in [4.78, 5) is 63.3. The monoisotopic (exact) mass is 508 g/mol. The van der Waals surface area contributed by atoms with Crippen LogP contribution in [0.2, 0.25) is 0 Å². The maximum absolute atomic E-state index is 13.1. The predicted molar refractivity (Wildman–Crippen MR) is 128 cm³/mol. The topological polar surface area (TPSA) is 230 Å². The van der Waals surface area contributed by atoms with Crippen molar-refractivity contribution < 1.29 is 34.2 Å². The molecule has 35 heavy (non-hydrogen) atoms. The number of aromatic amines is 1. The lowest BCUT2D eigenvalue weighted by molar-refractivity contribution is -0.141. The maximum atomic E-state index is 13.1. The Bertz CT molecular complexity index is 1090. The summed E-state index contributed by atoms with van der Waals surface area (Å²) in [6, 6.07) is 1.82. The number of hydrogen-bond donors (Lipinski definition) is 9. The van der Waals surface area contributed by atoms with Crippen LogP contribution in [-0.2, 0) is 30.4 Å². The zero-order valence-electron chi connectivity index (χ0n) is 18.6. The molecule has 0 aliphatic carbocycles. The van der Waals surface area contributed by atoms with Crippen molar-refractivity contribution in [1.29, 1.82) is 0 Å². The number of carboxylic acid groups (broad SMARTS) is 1. The highest BCUT2D eigenvalue weighted by Crippen LogP contribution is 2.19.